The van der Waals surface area contributed by atoms with Crippen molar-refractivity contribution in [2.45, 2.75) is 6.42 Å². The molecule has 0 aromatic heterocycles. The molecule has 0 aliphatic heterocycles. The summed E-state index contributed by atoms with van der Waals surface area (Å²) in [7, 11) is 1.81. The summed E-state index contributed by atoms with van der Waals surface area (Å²) in [6, 6.07) is 5.98. The maximum absolute atomic E-state index is 11.4. The molecule has 0 spiro atoms. The Labute approximate surface area is 99.2 Å². The van der Waals surface area contributed by atoms with Gasteiger partial charge in [0.25, 0.3) is 5.69 Å². The molecule has 0 saturated heterocycles. The molecule has 0 radical (unpaired) electrons. The van der Waals surface area contributed by atoms with Crippen LogP contribution in [0.25, 0.3) is 0 Å². The normalized spacial score (nSPS) is 9.94. The Hall–Kier alpha value is -1.95. The van der Waals surface area contributed by atoms with E-state index in [0.29, 0.717) is 13.1 Å². The highest BCUT2D eigenvalue weighted by molar-refractivity contribution is 5.78. The minimum Gasteiger partial charge on any atom is -0.355 e. The number of amides is 1. The number of benzene rings is 1. The second-order valence-electron chi connectivity index (χ2n) is 3.55. The van der Waals surface area contributed by atoms with Crippen molar-refractivity contribution in [1.82, 2.24) is 10.6 Å². The number of nitro groups is 1. The number of nitrogens with one attached hydrogen (secondary N) is 2. The monoisotopic (exact) mass is 237 g/mol. The first kappa shape index (κ1) is 13.1. The fourth-order valence-corrected chi connectivity index (χ4v) is 1.31. The molecule has 92 valence electrons. The smallest absolute Gasteiger partial charge is 0.269 e. The summed E-state index contributed by atoms with van der Waals surface area (Å²) in [6.07, 6.45) is 0.238. The SMILES string of the molecule is CNCCNC(=O)Cc1ccc([N+](=O)[O-])cc1. The molecule has 0 unspecified atom stereocenters. The van der Waals surface area contributed by atoms with E-state index < -0.39 is 4.92 Å². The zero-order valence-corrected chi connectivity index (χ0v) is 9.60. The quantitative estimate of drug-likeness (QED) is 0.428. The van der Waals surface area contributed by atoms with Gasteiger partial charge in [-0.3, -0.25) is 14.9 Å². The second-order valence-corrected chi connectivity index (χ2v) is 3.55. The molecule has 0 bridgehead atoms. The highest BCUT2D eigenvalue weighted by Crippen LogP contribution is 2.12. The number of rotatable bonds is 6. The Morgan fingerprint density at radius 2 is 1.94 bits per heavy atom. The first-order valence-electron chi connectivity index (χ1n) is 5.28. The van der Waals surface area contributed by atoms with Crippen LogP contribution in [0, 0.1) is 10.1 Å². The third-order valence-electron chi connectivity index (χ3n) is 2.21. The molecule has 0 atom stereocenters. The Morgan fingerprint density at radius 3 is 2.47 bits per heavy atom. The standard InChI is InChI=1S/C11H15N3O3/c1-12-6-7-13-11(15)8-9-2-4-10(5-3-9)14(16)17/h2-5,12H,6-8H2,1H3,(H,13,15). The van der Waals surface area contributed by atoms with Gasteiger partial charge >= 0.3 is 0 Å². The van der Waals surface area contributed by atoms with E-state index in [9.17, 15) is 14.9 Å². The van der Waals surface area contributed by atoms with Crippen LogP contribution in [0.1, 0.15) is 5.56 Å². The van der Waals surface area contributed by atoms with Crippen molar-refractivity contribution in [2.75, 3.05) is 20.1 Å². The Balaban J connectivity index is 2.46. The van der Waals surface area contributed by atoms with Crippen molar-refractivity contribution in [3.8, 4) is 0 Å². The molecule has 0 fully saturated rings. The largest absolute Gasteiger partial charge is 0.355 e. The Bertz CT molecular complexity index is 389. The second kappa shape index (κ2) is 6.59. The Kier molecular flexibility index (Phi) is 5.09. The van der Waals surface area contributed by atoms with Crippen LogP contribution >= 0.6 is 0 Å². The molecule has 6 heteroatoms. The molecule has 6 nitrogen and oxygen atoms in total. The number of carbonyl (C=O) groups is 1. The van der Waals surface area contributed by atoms with Gasteiger partial charge in [-0.25, -0.2) is 0 Å². The van der Waals surface area contributed by atoms with Crippen LogP contribution in [-0.2, 0) is 11.2 Å². The maximum Gasteiger partial charge on any atom is 0.269 e. The summed E-state index contributed by atoms with van der Waals surface area (Å²) >= 11 is 0. The van der Waals surface area contributed by atoms with E-state index in [1.54, 1.807) is 12.1 Å². The van der Waals surface area contributed by atoms with Crippen molar-refractivity contribution in [2.24, 2.45) is 0 Å². The fraction of sp³-hybridized carbons (Fsp3) is 0.364. The highest BCUT2D eigenvalue weighted by atomic mass is 16.6. The van der Waals surface area contributed by atoms with E-state index in [4.69, 9.17) is 0 Å². The van der Waals surface area contributed by atoms with E-state index in [0.717, 1.165) is 5.56 Å². The minimum atomic E-state index is -0.462. The van der Waals surface area contributed by atoms with Gasteiger partial charge in [-0.15, -0.1) is 0 Å². The average molecular weight is 237 g/mol. The maximum atomic E-state index is 11.4. The van der Waals surface area contributed by atoms with Crippen LogP contribution in [0.4, 0.5) is 5.69 Å². The summed E-state index contributed by atoms with van der Waals surface area (Å²) in [5.74, 6) is -0.0888. The van der Waals surface area contributed by atoms with Gasteiger partial charge in [0.15, 0.2) is 0 Å². The molecule has 1 aromatic rings. The van der Waals surface area contributed by atoms with E-state index in [2.05, 4.69) is 10.6 Å². The van der Waals surface area contributed by atoms with Gasteiger partial charge in [-0.1, -0.05) is 12.1 Å². The molecule has 0 aliphatic rings. The summed E-state index contributed by atoms with van der Waals surface area (Å²) < 4.78 is 0. The van der Waals surface area contributed by atoms with Crippen molar-refractivity contribution >= 4 is 11.6 Å². The van der Waals surface area contributed by atoms with Gasteiger partial charge in [0.05, 0.1) is 11.3 Å². The van der Waals surface area contributed by atoms with Crippen LogP contribution < -0.4 is 10.6 Å². The first-order valence-corrected chi connectivity index (χ1v) is 5.28. The zero-order chi connectivity index (χ0) is 12.7. The van der Waals surface area contributed by atoms with Crippen LogP contribution in [0.2, 0.25) is 0 Å². The van der Waals surface area contributed by atoms with E-state index in [1.807, 2.05) is 7.05 Å². The van der Waals surface area contributed by atoms with Crippen molar-refractivity contribution in [3.63, 3.8) is 0 Å². The summed E-state index contributed by atoms with van der Waals surface area (Å²) in [4.78, 5) is 21.4. The zero-order valence-electron chi connectivity index (χ0n) is 9.60. The minimum absolute atomic E-state index is 0.0318. The summed E-state index contributed by atoms with van der Waals surface area (Å²) in [5, 5.41) is 16.1. The number of nitrogens with zero attached hydrogens (tertiary/aromatic N) is 1. The van der Waals surface area contributed by atoms with Gasteiger partial charge in [0, 0.05) is 25.2 Å². The lowest BCUT2D eigenvalue weighted by atomic mass is 10.1. The first-order chi connectivity index (χ1) is 8.13. The molecule has 17 heavy (non-hydrogen) atoms. The van der Waals surface area contributed by atoms with Gasteiger partial charge in [-0.2, -0.15) is 0 Å². The Morgan fingerprint density at radius 1 is 1.29 bits per heavy atom. The molecule has 2 N–H and O–H groups in total. The van der Waals surface area contributed by atoms with Crippen molar-refractivity contribution < 1.29 is 9.72 Å². The number of hydrogen-bond acceptors (Lipinski definition) is 4. The topological polar surface area (TPSA) is 84.3 Å². The molecule has 0 aliphatic carbocycles. The number of hydrogen-bond donors (Lipinski definition) is 2. The van der Waals surface area contributed by atoms with Crippen molar-refractivity contribution in [3.05, 3.63) is 39.9 Å². The highest BCUT2D eigenvalue weighted by Gasteiger charge is 2.06. The molecule has 0 heterocycles. The molecule has 0 saturated carbocycles. The predicted molar refractivity (Wildman–Crippen MR) is 63.7 cm³/mol. The van der Waals surface area contributed by atoms with Crippen LogP contribution in [0.15, 0.2) is 24.3 Å². The number of non-ortho nitro benzene ring substituents is 1. The lowest BCUT2D eigenvalue weighted by Crippen LogP contribution is -2.31. The van der Waals surface area contributed by atoms with E-state index >= 15 is 0 Å². The molecule has 1 rings (SSSR count). The van der Waals surface area contributed by atoms with Gasteiger partial charge in [-0.05, 0) is 12.6 Å². The fourth-order valence-electron chi connectivity index (χ4n) is 1.31. The molecule has 1 aromatic carbocycles. The number of likely N-dealkylation sites (N-methyl/N-ethyl adjacent to an activating group) is 1. The van der Waals surface area contributed by atoms with E-state index in [-0.39, 0.29) is 18.0 Å². The third-order valence-corrected chi connectivity index (χ3v) is 2.21. The van der Waals surface area contributed by atoms with Crippen molar-refractivity contribution in [1.29, 1.82) is 0 Å². The molecule has 1 amide bonds. The predicted octanol–water partition coefficient (Wildman–Crippen LogP) is 0.473. The van der Waals surface area contributed by atoms with Crippen LogP contribution in [-0.4, -0.2) is 31.0 Å². The summed E-state index contributed by atoms with van der Waals surface area (Å²) in [5.41, 5.74) is 0.793. The number of carbonyl (C=O) groups excluding carboxylic acids is 1. The lowest BCUT2D eigenvalue weighted by Gasteiger charge is -2.04. The van der Waals surface area contributed by atoms with Gasteiger partial charge in [0.2, 0.25) is 5.91 Å². The number of nitro benzene ring substituents is 1. The lowest BCUT2D eigenvalue weighted by molar-refractivity contribution is -0.384. The average Bonchev–Trinajstić information content (AvgIpc) is 2.30. The van der Waals surface area contributed by atoms with Crippen LogP contribution in [0.5, 0.6) is 0 Å². The summed E-state index contributed by atoms with van der Waals surface area (Å²) in [6.45, 7) is 1.29. The van der Waals surface area contributed by atoms with Gasteiger partial charge < -0.3 is 10.6 Å². The van der Waals surface area contributed by atoms with E-state index in [1.165, 1.54) is 12.1 Å². The van der Waals surface area contributed by atoms with Crippen LogP contribution in [0.3, 0.4) is 0 Å². The van der Waals surface area contributed by atoms with Gasteiger partial charge in [0.1, 0.15) is 0 Å². The third kappa shape index (κ3) is 4.60. The molecular formula is C11H15N3O3. The molecular weight excluding hydrogens is 222 g/mol.